The standard InChI is InChI=1S/C13H20N2O3/c1-3-5-8-18-11-7-6-10(13(14)15-16)9-12(11)17-4-2/h6-7,9,16H,3-5,8H2,1-2H3,(H2,14,15). The molecule has 5 heteroatoms. The highest BCUT2D eigenvalue weighted by Gasteiger charge is 2.08. The number of hydrogen-bond donors (Lipinski definition) is 2. The van der Waals surface area contributed by atoms with Crippen LogP contribution in [0.4, 0.5) is 0 Å². The van der Waals surface area contributed by atoms with E-state index in [1.165, 1.54) is 0 Å². The fourth-order valence-electron chi connectivity index (χ4n) is 1.44. The molecule has 1 rings (SSSR count). The van der Waals surface area contributed by atoms with Gasteiger partial charge in [-0.25, -0.2) is 0 Å². The van der Waals surface area contributed by atoms with E-state index >= 15 is 0 Å². The van der Waals surface area contributed by atoms with Crippen LogP contribution in [0.2, 0.25) is 0 Å². The van der Waals surface area contributed by atoms with Crippen molar-refractivity contribution in [2.24, 2.45) is 10.9 Å². The van der Waals surface area contributed by atoms with Crippen LogP contribution in [0.25, 0.3) is 0 Å². The number of rotatable bonds is 7. The Morgan fingerprint density at radius 3 is 2.67 bits per heavy atom. The number of ether oxygens (including phenoxy) is 2. The molecule has 0 fully saturated rings. The molecule has 100 valence electrons. The van der Waals surface area contributed by atoms with Crippen molar-refractivity contribution >= 4 is 5.84 Å². The second-order valence-corrected chi connectivity index (χ2v) is 3.78. The Kier molecular flexibility index (Phi) is 5.84. The van der Waals surface area contributed by atoms with Crippen LogP contribution in [-0.4, -0.2) is 24.3 Å². The van der Waals surface area contributed by atoms with Crippen LogP contribution in [0.1, 0.15) is 32.3 Å². The van der Waals surface area contributed by atoms with Gasteiger partial charge in [0.2, 0.25) is 0 Å². The van der Waals surface area contributed by atoms with E-state index in [1.807, 2.05) is 6.92 Å². The largest absolute Gasteiger partial charge is 0.490 e. The summed E-state index contributed by atoms with van der Waals surface area (Å²) in [5.41, 5.74) is 6.14. The number of oxime groups is 1. The molecule has 0 aliphatic heterocycles. The van der Waals surface area contributed by atoms with Gasteiger partial charge in [0, 0.05) is 5.56 Å². The highest BCUT2D eigenvalue weighted by molar-refractivity contribution is 5.97. The summed E-state index contributed by atoms with van der Waals surface area (Å²) in [6.45, 7) is 5.18. The van der Waals surface area contributed by atoms with Gasteiger partial charge >= 0.3 is 0 Å². The molecule has 3 N–H and O–H groups in total. The van der Waals surface area contributed by atoms with Crippen molar-refractivity contribution in [1.29, 1.82) is 0 Å². The van der Waals surface area contributed by atoms with Crippen LogP contribution >= 0.6 is 0 Å². The molecule has 18 heavy (non-hydrogen) atoms. The number of nitrogens with two attached hydrogens (primary N) is 1. The van der Waals surface area contributed by atoms with Crippen LogP contribution in [0.3, 0.4) is 0 Å². The molecule has 0 bridgehead atoms. The van der Waals surface area contributed by atoms with Crippen molar-refractivity contribution in [3.63, 3.8) is 0 Å². The average molecular weight is 252 g/mol. The summed E-state index contributed by atoms with van der Waals surface area (Å²) >= 11 is 0. The van der Waals surface area contributed by atoms with E-state index in [0.717, 1.165) is 12.8 Å². The number of amidine groups is 1. The van der Waals surface area contributed by atoms with Crippen LogP contribution in [0.5, 0.6) is 11.5 Å². The summed E-state index contributed by atoms with van der Waals surface area (Å²) < 4.78 is 11.1. The normalized spacial score (nSPS) is 11.3. The molecule has 0 atom stereocenters. The lowest BCUT2D eigenvalue weighted by molar-refractivity contribution is 0.272. The molecule has 0 saturated carbocycles. The van der Waals surface area contributed by atoms with Gasteiger partial charge in [-0.15, -0.1) is 0 Å². The van der Waals surface area contributed by atoms with Crippen molar-refractivity contribution in [2.45, 2.75) is 26.7 Å². The lowest BCUT2D eigenvalue weighted by atomic mass is 10.2. The lowest BCUT2D eigenvalue weighted by Crippen LogP contribution is -2.13. The van der Waals surface area contributed by atoms with E-state index in [-0.39, 0.29) is 5.84 Å². The van der Waals surface area contributed by atoms with Crippen LogP contribution in [0, 0.1) is 0 Å². The monoisotopic (exact) mass is 252 g/mol. The average Bonchev–Trinajstić information content (AvgIpc) is 2.40. The Morgan fingerprint density at radius 1 is 1.28 bits per heavy atom. The van der Waals surface area contributed by atoms with E-state index in [9.17, 15) is 0 Å². The van der Waals surface area contributed by atoms with Crippen molar-refractivity contribution in [2.75, 3.05) is 13.2 Å². The molecule has 0 unspecified atom stereocenters. The first kappa shape index (κ1) is 14.2. The lowest BCUT2D eigenvalue weighted by Gasteiger charge is -2.12. The Balaban J connectivity index is 2.89. The maximum Gasteiger partial charge on any atom is 0.170 e. The summed E-state index contributed by atoms with van der Waals surface area (Å²) in [6, 6.07) is 5.21. The van der Waals surface area contributed by atoms with Gasteiger partial charge in [-0.3, -0.25) is 0 Å². The second-order valence-electron chi connectivity index (χ2n) is 3.78. The van der Waals surface area contributed by atoms with Crippen molar-refractivity contribution < 1.29 is 14.7 Å². The molecule has 1 aromatic carbocycles. The summed E-state index contributed by atoms with van der Waals surface area (Å²) in [7, 11) is 0. The molecule has 1 aromatic rings. The van der Waals surface area contributed by atoms with E-state index < -0.39 is 0 Å². The third-order valence-corrected chi connectivity index (χ3v) is 2.40. The van der Waals surface area contributed by atoms with Crippen LogP contribution in [-0.2, 0) is 0 Å². The zero-order chi connectivity index (χ0) is 13.4. The number of unbranched alkanes of at least 4 members (excludes halogenated alkanes) is 1. The molecule has 0 heterocycles. The smallest absolute Gasteiger partial charge is 0.170 e. The highest BCUT2D eigenvalue weighted by atomic mass is 16.5. The predicted molar refractivity (Wildman–Crippen MR) is 70.5 cm³/mol. The first-order chi connectivity index (χ1) is 8.72. The summed E-state index contributed by atoms with van der Waals surface area (Å²) in [5.74, 6) is 1.34. The van der Waals surface area contributed by atoms with Crippen molar-refractivity contribution in [3.05, 3.63) is 23.8 Å². The highest BCUT2D eigenvalue weighted by Crippen LogP contribution is 2.28. The summed E-state index contributed by atoms with van der Waals surface area (Å²) in [5, 5.41) is 11.6. The molecule has 0 aliphatic rings. The van der Waals surface area contributed by atoms with Gasteiger partial charge in [-0.1, -0.05) is 18.5 Å². The van der Waals surface area contributed by atoms with Crippen molar-refractivity contribution in [1.82, 2.24) is 0 Å². The summed E-state index contributed by atoms with van der Waals surface area (Å²) in [6.07, 6.45) is 2.07. The Morgan fingerprint density at radius 2 is 2.06 bits per heavy atom. The minimum Gasteiger partial charge on any atom is -0.490 e. The van der Waals surface area contributed by atoms with Gasteiger partial charge < -0.3 is 20.4 Å². The fourth-order valence-corrected chi connectivity index (χ4v) is 1.44. The molecule has 0 aromatic heterocycles. The van der Waals surface area contributed by atoms with Gasteiger partial charge in [0.05, 0.1) is 13.2 Å². The second kappa shape index (κ2) is 7.42. The topological polar surface area (TPSA) is 77.1 Å². The molecule has 0 spiro atoms. The van der Waals surface area contributed by atoms with Crippen LogP contribution in [0.15, 0.2) is 23.4 Å². The maximum atomic E-state index is 8.64. The Bertz CT molecular complexity index is 405. The molecule has 0 aliphatic carbocycles. The first-order valence-corrected chi connectivity index (χ1v) is 6.10. The predicted octanol–water partition coefficient (Wildman–Crippen LogP) is 2.36. The quantitative estimate of drug-likeness (QED) is 0.257. The zero-order valence-electron chi connectivity index (χ0n) is 10.8. The third kappa shape index (κ3) is 3.84. The Hall–Kier alpha value is -1.91. The van der Waals surface area contributed by atoms with Gasteiger partial charge in [-0.05, 0) is 31.5 Å². The minimum absolute atomic E-state index is 0.0519. The van der Waals surface area contributed by atoms with Crippen LogP contribution < -0.4 is 15.2 Å². The van der Waals surface area contributed by atoms with Gasteiger partial charge in [-0.2, -0.15) is 0 Å². The van der Waals surface area contributed by atoms with E-state index in [4.69, 9.17) is 20.4 Å². The molecule has 0 saturated heterocycles. The fraction of sp³-hybridized carbons (Fsp3) is 0.462. The molecule has 0 amide bonds. The molecule has 0 radical (unpaired) electrons. The van der Waals surface area contributed by atoms with Gasteiger partial charge in [0.15, 0.2) is 17.3 Å². The minimum atomic E-state index is 0.0519. The number of hydrogen-bond acceptors (Lipinski definition) is 4. The van der Waals surface area contributed by atoms with Gasteiger partial charge in [0.1, 0.15) is 0 Å². The van der Waals surface area contributed by atoms with Gasteiger partial charge in [0.25, 0.3) is 0 Å². The van der Waals surface area contributed by atoms with Crippen molar-refractivity contribution in [3.8, 4) is 11.5 Å². The third-order valence-electron chi connectivity index (χ3n) is 2.40. The maximum absolute atomic E-state index is 8.64. The Labute approximate surface area is 107 Å². The first-order valence-electron chi connectivity index (χ1n) is 6.10. The number of nitrogens with zero attached hydrogens (tertiary/aromatic N) is 1. The number of benzene rings is 1. The molecule has 5 nitrogen and oxygen atoms in total. The molecular weight excluding hydrogens is 232 g/mol. The summed E-state index contributed by atoms with van der Waals surface area (Å²) in [4.78, 5) is 0. The SMILES string of the molecule is CCCCOc1ccc(/C(N)=N/O)cc1OCC. The van der Waals surface area contributed by atoms with E-state index in [0.29, 0.717) is 30.3 Å². The zero-order valence-corrected chi connectivity index (χ0v) is 10.8. The van der Waals surface area contributed by atoms with E-state index in [2.05, 4.69) is 12.1 Å². The molecular formula is C13H20N2O3. The van der Waals surface area contributed by atoms with E-state index in [1.54, 1.807) is 18.2 Å².